The summed E-state index contributed by atoms with van der Waals surface area (Å²) in [5.74, 6) is -0.163. The number of nitrogens with one attached hydrogen (secondary N) is 2. The van der Waals surface area contributed by atoms with Crippen molar-refractivity contribution in [1.82, 2.24) is 5.43 Å². The van der Waals surface area contributed by atoms with Gasteiger partial charge in [-0.25, -0.2) is 5.43 Å². The molecule has 172 valence electrons. The highest BCUT2D eigenvalue weighted by atomic mass is 127. The van der Waals surface area contributed by atoms with E-state index in [0.29, 0.717) is 17.9 Å². The maximum atomic E-state index is 12.1. The first kappa shape index (κ1) is 25.6. The molecule has 3 aromatic carbocycles. The van der Waals surface area contributed by atoms with E-state index in [-0.39, 0.29) is 6.42 Å². The van der Waals surface area contributed by atoms with Gasteiger partial charge in [-0.2, -0.15) is 10.4 Å². The molecule has 0 fully saturated rings. The SMILES string of the molecule is Cc1ccccc1NC(=O)CC(=O)NN=Cc1cc(I)c(OCc2ccc(C#N)cc2)c(I)c1. The summed E-state index contributed by atoms with van der Waals surface area (Å²) in [4.78, 5) is 24.1. The molecule has 0 aliphatic carbocycles. The fraction of sp³-hybridized carbons (Fsp3) is 0.120. The molecule has 3 rings (SSSR count). The third kappa shape index (κ3) is 7.53. The summed E-state index contributed by atoms with van der Waals surface area (Å²) in [5.41, 5.74) is 6.33. The van der Waals surface area contributed by atoms with Gasteiger partial charge in [-0.15, -0.1) is 0 Å². The van der Waals surface area contributed by atoms with E-state index in [4.69, 9.17) is 10.00 Å². The fourth-order valence-corrected chi connectivity index (χ4v) is 5.02. The lowest BCUT2D eigenvalue weighted by molar-refractivity contribution is -0.126. The number of anilines is 1. The summed E-state index contributed by atoms with van der Waals surface area (Å²) in [6.07, 6.45) is 1.19. The predicted octanol–water partition coefficient (Wildman–Crippen LogP) is 5.13. The molecule has 2 amide bonds. The van der Waals surface area contributed by atoms with Gasteiger partial charge >= 0.3 is 0 Å². The van der Waals surface area contributed by atoms with E-state index in [1.54, 1.807) is 18.2 Å². The summed E-state index contributed by atoms with van der Waals surface area (Å²) in [6, 6.07) is 20.5. The fourth-order valence-electron chi connectivity index (χ4n) is 2.89. The molecule has 0 radical (unpaired) electrons. The van der Waals surface area contributed by atoms with Gasteiger partial charge in [-0.3, -0.25) is 9.59 Å². The predicted molar refractivity (Wildman–Crippen MR) is 148 cm³/mol. The standard InChI is InChI=1S/C25H20I2N4O3/c1-16-4-2-3-5-22(16)30-23(32)12-24(33)31-29-14-19-10-20(26)25(21(27)11-19)34-15-18-8-6-17(13-28)7-9-18/h2-11,14H,12,15H2,1H3,(H,30,32)(H,31,33). The van der Waals surface area contributed by atoms with Crippen LogP contribution in [0.15, 0.2) is 65.8 Å². The smallest absolute Gasteiger partial charge is 0.249 e. The van der Waals surface area contributed by atoms with E-state index in [1.807, 2.05) is 49.4 Å². The Morgan fingerprint density at radius 3 is 2.38 bits per heavy atom. The number of nitrogens with zero attached hydrogens (tertiary/aromatic N) is 2. The molecular formula is C25H20I2N4O3. The Kier molecular flexibility index (Phi) is 9.41. The first-order valence-electron chi connectivity index (χ1n) is 10.1. The van der Waals surface area contributed by atoms with Crippen molar-refractivity contribution in [3.05, 3.63) is 90.1 Å². The minimum Gasteiger partial charge on any atom is -0.487 e. The molecule has 0 aliphatic heterocycles. The van der Waals surface area contributed by atoms with E-state index < -0.39 is 11.8 Å². The van der Waals surface area contributed by atoms with Crippen molar-refractivity contribution in [1.29, 1.82) is 5.26 Å². The Balaban J connectivity index is 1.53. The molecule has 0 spiro atoms. The van der Waals surface area contributed by atoms with E-state index in [1.165, 1.54) is 6.21 Å². The van der Waals surface area contributed by atoms with Crippen LogP contribution >= 0.6 is 45.2 Å². The lowest BCUT2D eigenvalue weighted by atomic mass is 10.1. The van der Waals surface area contributed by atoms with Crippen LogP contribution in [-0.4, -0.2) is 18.0 Å². The van der Waals surface area contributed by atoms with Gasteiger partial charge in [0.2, 0.25) is 11.8 Å². The number of benzene rings is 3. The van der Waals surface area contributed by atoms with Crippen LogP contribution in [0.4, 0.5) is 5.69 Å². The van der Waals surface area contributed by atoms with Crippen LogP contribution in [0.5, 0.6) is 5.75 Å². The minimum atomic E-state index is -0.505. The number of carbonyl (C=O) groups is 2. The van der Waals surface area contributed by atoms with Crippen molar-refractivity contribution < 1.29 is 14.3 Å². The minimum absolute atomic E-state index is 0.330. The molecule has 0 heterocycles. The summed E-state index contributed by atoms with van der Waals surface area (Å²) in [7, 11) is 0. The molecule has 0 aliphatic rings. The number of hydrogen-bond donors (Lipinski definition) is 2. The van der Waals surface area contributed by atoms with Crippen molar-refractivity contribution in [2.75, 3.05) is 5.32 Å². The number of para-hydroxylation sites is 1. The van der Waals surface area contributed by atoms with Crippen molar-refractivity contribution >= 4 is 68.9 Å². The summed E-state index contributed by atoms with van der Waals surface area (Å²) < 4.78 is 7.75. The number of hydrogen-bond acceptors (Lipinski definition) is 5. The number of amides is 2. The number of hydrazone groups is 1. The molecule has 0 aromatic heterocycles. The highest BCUT2D eigenvalue weighted by molar-refractivity contribution is 14.1. The topological polar surface area (TPSA) is 104 Å². The third-order valence-electron chi connectivity index (χ3n) is 4.63. The van der Waals surface area contributed by atoms with Crippen molar-refractivity contribution in [3.8, 4) is 11.8 Å². The first-order chi connectivity index (χ1) is 16.4. The zero-order chi connectivity index (χ0) is 24.5. The molecule has 0 saturated heterocycles. The van der Waals surface area contributed by atoms with Crippen LogP contribution in [0.2, 0.25) is 0 Å². The second-order valence-electron chi connectivity index (χ2n) is 7.24. The van der Waals surface area contributed by atoms with Crippen LogP contribution < -0.4 is 15.5 Å². The Bertz CT molecular complexity index is 1240. The lowest BCUT2D eigenvalue weighted by Crippen LogP contribution is -2.24. The maximum absolute atomic E-state index is 12.1. The highest BCUT2D eigenvalue weighted by Crippen LogP contribution is 2.29. The van der Waals surface area contributed by atoms with Crippen LogP contribution in [0.25, 0.3) is 0 Å². The van der Waals surface area contributed by atoms with Gasteiger partial charge in [0.25, 0.3) is 0 Å². The van der Waals surface area contributed by atoms with Gasteiger partial charge in [-0.05, 0) is 99.1 Å². The summed E-state index contributed by atoms with van der Waals surface area (Å²) in [6.45, 7) is 2.26. The molecular weight excluding hydrogens is 658 g/mol. The monoisotopic (exact) mass is 678 g/mol. The first-order valence-corrected chi connectivity index (χ1v) is 12.3. The Hall–Kier alpha value is -2.98. The van der Waals surface area contributed by atoms with E-state index in [0.717, 1.165) is 29.6 Å². The molecule has 7 nitrogen and oxygen atoms in total. The van der Waals surface area contributed by atoms with E-state index >= 15 is 0 Å². The zero-order valence-electron chi connectivity index (χ0n) is 18.1. The molecule has 3 aromatic rings. The number of rotatable bonds is 8. The number of carbonyl (C=O) groups excluding carboxylic acids is 2. The Morgan fingerprint density at radius 2 is 1.74 bits per heavy atom. The van der Waals surface area contributed by atoms with Crippen molar-refractivity contribution in [2.45, 2.75) is 20.0 Å². The van der Waals surface area contributed by atoms with Crippen LogP contribution in [0.1, 0.15) is 28.7 Å². The van der Waals surface area contributed by atoms with Gasteiger partial charge in [0, 0.05) is 5.69 Å². The second-order valence-corrected chi connectivity index (χ2v) is 9.57. The van der Waals surface area contributed by atoms with Gasteiger partial charge in [-0.1, -0.05) is 30.3 Å². The van der Waals surface area contributed by atoms with Crippen LogP contribution in [0.3, 0.4) is 0 Å². The summed E-state index contributed by atoms with van der Waals surface area (Å²) in [5, 5.41) is 15.6. The average Bonchev–Trinajstić information content (AvgIpc) is 2.80. The third-order valence-corrected chi connectivity index (χ3v) is 6.23. The number of aryl methyl sites for hydroxylation is 1. The van der Waals surface area contributed by atoms with Gasteiger partial charge in [0.05, 0.1) is 25.0 Å². The number of ether oxygens (including phenoxy) is 1. The molecule has 9 heteroatoms. The molecule has 0 saturated carbocycles. The maximum Gasteiger partial charge on any atom is 0.249 e. The summed E-state index contributed by atoms with van der Waals surface area (Å²) >= 11 is 4.37. The molecule has 0 unspecified atom stereocenters. The molecule has 0 bridgehead atoms. The van der Waals surface area contributed by atoms with E-state index in [9.17, 15) is 9.59 Å². The average molecular weight is 678 g/mol. The second kappa shape index (κ2) is 12.5. The zero-order valence-corrected chi connectivity index (χ0v) is 22.5. The molecule has 2 N–H and O–H groups in total. The van der Waals surface area contributed by atoms with Crippen molar-refractivity contribution in [3.63, 3.8) is 0 Å². The molecule has 34 heavy (non-hydrogen) atoms. The lowest BCUT2D eigenvalue weighted by Gasteiger charge is -2.11. The van der Waals surface area contributed by atoms with E-state index in [2.05, 4.69) is 67.1 Å². The van der Waals surface area contributed by atoms with Crippen LogP contribution in [0, 0.1) is 25.4 Å². The highest BCUT2D eigenvalue weighted by Gasteiger charge is 2.11. The van der Waals surface area contributed by atoms with Gasteiger partial charge < -0.3 is 10.1 Å². The quantitative estimate of drug-likeness (QED) is 0.149. The van der Waals surface area contributed by atoms with Crippen molar-refractivity contribution in [2.24, 2.45) is 5.10 Å². The van der Waals surface area contributed by atoms with Gasteiger partial charge in [0.15, 0.2) is 0 Å². The van der Waals surface area contributed by atoms with Crippen LogP contribution in [-0.2, 0) is 16.2 Å². The number of halogens is 2. The normalized spacial score (nSPS) is 10.5. The number of nitriles is 1. The van der Waals surface area contributed by atoms with Gasteiger partial charge in [0.1, 0.15) is 18.8 Å². The Labute approximate surface area is 224 Å². The largest absolute Gasteiger partial charge is 0.487 e. The Morgan fingerprint density at radius 1 is 1.06 bits per heavy atom. The molecule has 0 atom stereocenters.